The average molecular weight is 596 g/mol. The summed E-state index contributed by atoms with van der Waals surface area (Å²) in [6.45, 7) is 3.53. The number of amides is 2. The molecule has 2 amide bonds. The quantitative estimate of drug-likeness (QED) is 0.0572. The molecule has 9 nitrogen and oxygen atoms in total. The molecule has 0 heterocycles. The first kappa shape index (κ1) is 31.7. The summed E-state index contributed by atoms with van der Waals surface area (Å²) in [5.41, 5.74) is 5.90. The fourth-order valence-corrected chi connectivity index (χ4v) is 7.49. The molecular formula is C29H37F4N5O4. The van der Waals surface area contributed by atoms with E-state index >= 15 is 0 Å². The molecule has 3 saturated carbocycles. The second-order valence-electron chi connectivity index (χ2n) is 12.1. The molecule has 0 aliphatic heterocycles. The van der Waals surface area contributed by atoms with E-state index in [-0.39, 0.29) is 11.5 Å². The van der Waals surface area contributed by atoms with Crippen LogP contribution in [0.2, 0.25) is 0 Å². The van der Waals surface area contributed by atoms with Crippen LogP contribution in [0.3, 0.4) is 0 Å². The van der Waals surface area contributed by atoms with E-state index in [0.29, 0.717) is 36.5 Å². The van der Waals surface area contributed by atoms with Gasteiger partial charge in [-0.2, -0.15) is 0 Å². The Morgan fingerprint density at radius 2 is 1.81 bits per heavy atom. The summed E-state index contributed by atoms with van der Waals surface area (Å²) in [4.78, 5) is 31.7. The van der Waals surface area contributed by atoms with Crippen LogP contribution in [-0.4, -0.2) is 35.3 Å². The zero-order valence-electron chi connectivity index (χ0n) is 23.8. The second-order valence-corrected chi connectivity index (χ2v) is 12.1. The maximum atomic E-state index is 14.2. The van der Waals surface area contributed by atoms with Gasteiger partial charge in [-0.05, 0) is 98.8 Å². The van der Waals surface area contributed by atoms with Crippen LogP contribution in [0, 0.1) is 52.4 Å². The van der Waals surface area contributed by atoms with Crippen molar-refractivity contribution >= 4 is 23.2 Å². The molecule has 4 rings (SSSR count). The molecule has 230 valence electrons. The summed E-state index contributed by atoms with van der Waals surface area (Å²) < 4.78 is 56.4. The smallest absolute Gasteiger partial charge is 0.267 e. The lowest BCUT2D eigenvalue weighted by Gasteiger charge is -2.51. The first-order valence-corrected chi connectivity index (χ1v) is 14.6. The molecule has 42 heavy (non-hydrogen) atoms. The number of halogens is 4. The van der Waals surface area contributed by atoms with Crippen molar-refractivity contribution in [3.8, 4) is 0 Å². The van der Waals surface area contributed by atoms with E-state index in [2.05, 4.69) is 22.1 Å². The van der Waals surface area contributed by atoms with Crippen molar-refractivity contribution in [3.63, 3.8) is 0 Å². The standard InChI is InChI=1S/C29H37F4N5O4/c1-3-4-5-17(13-15-6-7-18-16(12-15)10-11-29(2)19(18)8-9-20(29)39)37-42-14-21(40)35-28(41)22-23(30)25(32)27(36-38-34)26(33)24(22)31/h15-16,18-20,39H,3-14H2,1-2H3,(H,35,40,41)/b37-17+/t15-,16-,18-,19+,20+,29+/m1/s1. The fraction of sp³-hybridized carbons (Fsp3) is 0.690. The average Bonchev–Trinajstić information content (AvgIpc) is 3.27. The molecule has 1 aromatic rings. The monoisotopic (exact) mass is 595 g/mol. The van der Waals surface area contributed by atoms with Gasteiger partial charge in [-0.1, -0.05) is 30.5 Å². The molecule has 0 aromatic heterocycles. The molecule has 2 N–H and O–H groups in total. The predicted molar refractivity (Wildman–Crippen MR) is 145 cm³/mol. The van der Waals surface area contributed by atoms with Crippen LogP contribution in [0.5, 0.6) is 0 Å². The highest BCUT2D eigenvalue weighted by Gasteiger charge is 2.54. The minimum Gasteiger partial charge on any atom is -0.393 e. The predicted octanol–water partition coefficient (Wildman–Crippen LogP) is 7.00. The molecule has 0 unspecified atom stereocenters. The van der Waals surface area contributed by atoms with Crippen molar-refractivity contribution in [2.75, 3.05) is 6.61 Å². The van der Waals surface area contributed by atoms with E-state index in [9.17, 15) is 32.3 Å². The summed E-state index contributed by atoms with van der Waals surface area (Å²) >= 11 is 0. The normalized spacial score (nSPS) is 28.8. The lowest BCUT2D eigenvalue weighted by molar-refractivity contribution is -0.124. The highest BCUT2D eigenvalue weighted by atomic mass is 19.2. The molecule has 3 aliphatic rings. The Morgan fingerprint density at radius 3 is 2.48 bits per heavy atom. The maximum absolute atomic E-state index is 14.2. The van der Waals surface area contributed by atoms with Gasteiger partial charge in [-0.15, -0.1) is 0 Å². The Morgan fingerprint density at radius 1 is 1.10 bits per heavy atom. The van der Waals surface area contributed by atoms with Crippen LogP contribution in [0.15, 0.2) is 10.3 Å². The van der Waals surface area contributed by atoms with Gasteiger partial charge in [-0.3, -0.25) is 14.9 Å². The number of azide groups is 1. The number of nitrogens with one attached hydrogen (secondary N) is 1. The number of oxime groups is 1. The van der Waals surface area contributed by atoms with Crippen LogP contribution in [0.4, 0.5) is 23.2 Å². The van der Waals surface area contributed by atoms with Gasteiger partial charge in [-0.25, -0.2) is 17.6 Å². The summed E-state index contributed by atoms with van der Waals surface area (Å²) in [6.07, 6.45) is 10.3. The number of benzene rings is 1. The van der Waals surface area contributed by atoms with Crippen molar-refractivity contribution in [1.29, 1.82) is 0 Å². The largest absolute Gasteiger partial charge is 0.393 e. The number of aliphatic hydroxyl groups is 1. The van der Waals surface area contributed by atoms with Gasteiger partial charge in [0.25, 0.3) is 11.8 Å². The zero-order chi connectivity index (χ0) is 30.6. The third-order valence-corrected chi connectivity index (χ3v) is 9.68. The number of rotatable bonds is 10. The van der Waals surface area contributed by atoms with Gasteiger partial charge in [0.2, 0.25) is 0 Å². The first-order valence-electron chi connectivity index (χ1n) is 14.6. The zero-order valence-corrected chi connectivity index (χ0v) is 23.8. The number of hydrogen-bond donors (Lipinski definition) is 2. The number of nitrogens with zero attached hydrogens (tertiary/aromatic N) is 4. The van der Waals surface area contributed by atoms with E-state index < -0.39 is 52.9 Å². The SMILES string of the molecule is CCCC/C(C[C@@H]1CC[C@@H]2[C@H](CC[C@]3(C)[C@@H](O)CC[C@@H]23)C1)=N\OCC(=O)NC(=O)c1c(F)c(F)c(N=[N+]=[N-])c(F)c1F. The van der Waals surface area contributed by atoms with Crippen molar-refractivity contribution in [2.24, 2.45) is 39.4 Å². The topological polar surface area (TPSA) is 137 Å². The van der Waals surface area contributed by atoms with Crippen LogP contribution in [0.1, 0.15) is 94.8 Å². The van der Waals surface area contributed by atoms with E-state index in [1.807, 2.05) is 6.92 Å². The molecule has 0 bridgehead atoms. The number of imide groups is 1. The third kappa shape index (κ3) is 6.41. The Balaban J connectivity index is 1.34. The molecule has 13 heteroatoms. The van der Waals surface area contributed by atoms with E-state index in [1.54, 1.807) is 5.32 Å². The summed E-state index contributed by atoms with van der Waals surface area (Å²) in [6, 6.07) is 0. The molecular weight excluding hydrogens is 558 g/mol. The Bertz CT molecular complexity index is 1260. The highest BCUT2D eigenvalue weighted by molar-refractivity contribution is 6.05. The number of fused-ring (bicyclic) bond motifs is 3. The lowest BCUT2D eigenvalue weighted by atomic mass is 9.55. The number of hydrogen-bond acceptors (Lipinski definition) is 6. The van der Waals surface area contributed by atoms with Crippen LogP contribution >= 0.6 is 0 Å². The van der Waals surface area contributed by atoms with Gasteiger partial charge >= 0.3 is 0 Å². The molecule has 6 atom stereocenters. The molecule has 3 aliphatic carbocycles. The van der Waals surface area contributed by atoms with Crippen molar-refractivity contribution in [2.45, 2.75) is 90.6 Å². The minimum atomic E-state index is -2.11. The third-order valence-electron chi connectivity index (χ3n) is 9.68. The molecule has 0 saturated heterocycles. The van der Waals surface area contributed by atoms with Gasteiger partial charge < -0.3 is 9.94 Å². The Hall–Kier alpha value is -3.18. The first-order chi connectivity index (χ1) is 20.0. The summed E-state index contributed by atoms with van der Waals surface area (Å²) in [5, 5.41) is 18.9. The van der Waals surface area contributed by atoms with Crippen molar-refractivity contribution < 1.29 is 37.1 Å². The maximum Gasteiger partial charge on any atom is 0.267 e. The van der Waals surface area contributed by atoms with Crippen LogP contribution in [-0.2, 0) is 9.63 Å². The number of unbranched alkanes of at least 4 members (excludes halogenated alkanes) is 1. The number of aliphatic hydroxyl groups excluding tert-OH is 1. The van der Waals surface area contributed by atoms with Crippen LogP contribution < -0.4 is 5.32 Å². The second kappa shape index (κ2) is 13.4. The van der Waals surface area contributed by atoms with Gasteiger partial charge in [0.1, 0.15) is 11.3 Å². The summed E-state index contributed by atoms with van der Waals surface area (Å²) in [5.74, 6) is -8.95. The van der Waals surface area contributed by atoms with Gasteiger partial charge in [0.15, 0.2) is 29.9 Å². The van der Waals surface area contributed by atoms with Crippen LogP contribution in [0.25, 0.3) is 10.4 Å². The minimum absolute atomic E-state index is 0.0345. The fourth-order valence-electron chi connectivity index (χ4n) is 7.49. The molecule has 1 aromatic carbocycles. The number of carbonyl (C=O) groups is 2. The lowest BCUT2D eigenvalue weighted by Crippen LogP contribution is -2.45. The van der Waals surface area contributed by atoms with Gasteiger partial charge in [0.05, 0.1) is 11.8 Å². The van der Waals surface area contributed by atoms with E-state index in [4.69, 9.17) is 10.4 Å². The van der Waals surface area contributed by atoms with Gasteiger partial charge in [0, 0.05) is 4.91 Å². The molecule has 0 radical (unpaired) electrons. The van der Waals surface area contributed by atoms with Crippen molar-refractivity contribution in [1.82, 2.24) is 5.32 Å². The highest BCUT2D eigenvalue weighted by Crippen LogP contribution is 2.59. The molecule has 3 fully saturated rings. The van der Waals surface area contributed by atoms with E-state index in [1.165, 1.54) is 0 Å². The van der Waals surface area contributed by atoms with E-state index in [0.717, 1.165) is 63.5 Å². The van der Waals surface area contributed by atoms with Crippen molar-refractivity contribution in [3.05, 3.63) is 39.3 Å². The Kier molecular flexibility index (Phi) is 10.1. The summed E-state index contributed by atoms with van der Waals surface area (Å²) in [7, 11) is 0. The Labute approximate surface area is 241 Å². The number of carbonyl (C=O) groups excluding carboxylic acids is 2. The molecule has 0 spiro atoms.